The minimum atomic E-state index is -0.805. The molecule has 5 heteroatoms. The van der Waals surface area contributed by atoms with Crippen molar-refractivity contribution in [3.8, 4) is 11.1 Å². The molecule has 1 heterocycles. The fraction of sp³-hybridized carbons (Fsp3) is 0.333. The van der Waals surface area contributed by atoms with E-state index in [9.17, 15) is 4.79 Å². The largest absolute Gasteiger partial charge is 0.338 e. The lowest BCUT2D eigenvalue weighted by Gasteiger charge is -2.28. The predicted molar refractivity (Wildman–Crippen MR) is 104 cm³/mol. The van der Waals surface area contributed by atoms with Crippen LogP contribution in [-0.2, 0) is 10.3 Å². The van der Waals surface area contributed by atoms with Crippen molar-refractivity contribution in [2.24, 2.45) is 5.92 Å². The van der Waals surface area contributed by atoms with Crippen molar-refractivity contribution in [2.75, 3.05) is 6.54 Å². The molecule has 0 bridgehead atoms. The second kappa shape index (κ2) is 6.44. The highest BCUT2D eigenvalue weighted by molar-refractivity contribution is 6.30. The Morgan fingerprint density at radius 1 is 1.19 bits per heavy atom. The van der Waals surface area contributed by atoms with Crippen LogP contribution in [0.4, 0.5) is 0 Å². The van der Waals surface area contributed by atoms with Gasteiger partial charge in [-0.1, -0.05) is 48.9 Å². The zero-order chi connectivity index (χ0) is 18.3. The summed E-state index contributed by atoms with van der Waals surface area (Å²) in [5.41, 5.74) is 2.18. The number of nitrogens with one attached hydrogen (secondary N) is 2. The van der Waals surface area contributed by atoms with Crippen molar-refractivity contribution in [1.82, 2.24) is 10.2 Å². The summed E-state index contributed by atoms with van der Waals surface area (Å²) < 4.78 is 0. The maximum absolute atomic E-state index is 13.3. The van der Waals surface area contributed by atoms with Gasteiger partial charge in [0.1, 0.15) is 5.54 Å². The molecule has 2 aliphatic rings. The topological polar surface area (TPSA) is 56.2 Å². The Balaban J connectivity index is 1.79. The highest BCUT2D eigenvalue weighted by Gasteiger charge is 2.58. The quantitative estimate of drug-likeness (QED) is 0.823. The summed E-state index contributed by atoms with van der Waals surface area (Å²) in [6.07, 6.45) is 2.85. The summed E-state index contributed by atoms with van der Waals surface area (Å²) in [6.45, 7) is 2.60. The summed E-state index contributed by atoms with van der Waals surface area (Å²) >= 11 is 6.14. The molecule has 2 fully saturated rings. The summed E-state index contributed by atoms with van der Waals surface area (Å²) in [7, 11) is 0. The Morgan fingerprint density at radius 2 is 1.88 bits per heavy atom. The lowest BCUT2D eigenvalue weighted by molar-refractivity contribution is -0.132. The first-order valence-corrected chi connectivity index (χ1v) is 9.49. The Bertz CT molecular complexity index is 877. The van der Waals surface area contributed by atoms with Crippen LogP contribution in [0.1, 0.15) is 31.7 Å². The molecule has 1 atom stereocenters. The van der Waals surface area contributed by atoms with Crippen molar-refractivity contribution in [1.29, 1.82) is 5.41 Å². The molecule has 0 spiro atoms. The molecule has 1 saturated heterocycles. The number of carbonyl (C=O) groups is 1. The zero-order valence-electron chi connectivity index (χ0n) is 14.8. The van der Waals surface area contributed by atoms with Crippen LogP contribution in [0.3, 0.4) is 0 Å². The Kier molecular flexibility index (Phi) is 4.23. The first kappa shape index (κ1) is 17.1. The molecule has 0 aromatic heterocycles. The highest BCUT2D eigenvalue weighted by Crippen LogP contribution is 2.49. The smallest absolute Gasteiger partial charge is 0.259 e. The van der Waals surface area contributed by atoms with Gasteiger partial charge in [0.2, 0.25) is 0 Å². The molecule has 2 aromatic carbocycles. The van der Waals surface area contributed by atoms with Crippen LogP contribution in [0.15, 0.2) is 48.5 Å². The van der Waals surface area contributed by atoms with E-state index in [2.05, 4.69) is 11.4 Å². The van der Waals surface area contributed by atoms with Crippen molar-refractivity contribution < 1.29 is 4.79 Å². The Morgan fingerprint density at radius 3 is 2.54 bits per heavy atom. The number of hydrogen-bond acceptors (Lipinski definition) is 2. The fourth-order valence-corrected chi connectivity index (χ4v) is 4.09. The number of benzene rings is 2. The molecule has 1 saturated carbocycles. The molecule has 4 nitrogen and oxygen atoms in total. The summed E-state index contributed by atoms with van der Waals surface area (Å²) in [4.78, 5) is 14.9. The van der Waals surface area contributed by atoms with Crippen LogP contribution in [-0.4, -0.2) is 23.3 Å². The van der Waals surface area contributed by atoms with Crippen LogP contribution >= 0.6 is 11.6 Å². The number of halogens is 1. The normalized spacial score (nSPS) is 22.6. The van der Waals surface area contributed by atoms with E-state index in [-0.39, 0.29) is 17.8 Å². The number of carbonyl (C=O) groups excluding carboxylic acids is 1. The van der Waals surface area contributed by atoms with Crippen LogP contribution < -0.4 is 5.32 Å². The highest BCUT2D eigenvalue weighted by atomic mass is 35.5. The maximum Gasteiger partial charge on any atom is 0.259 e. The maximum atomic E-state index is 13.3. The first-order valence-electron chi connectivity index (χ1n) is 9.11. The Hall–Kier alpha value is -2.33. The minimum Gasteiger partial charge on any atom is -0.338 e. The van der Waals surface area contributed by atoms with E-state index in [1.54, 1.807) is 4.90 Å². The first-order chi connectivity index (χ1) is 12.6. The second-order valence-electron chi connectivity index (χ2n) is 7.10. The summed E-state index contributed by atoms with van der Waals surface area (Å²) in [5.74, 6) is 0.471. The van der Waals surface area contributed by atoms with E-state index in [0.29, 0.717) is 11.6 Å². The van der Waals surface area contributed by atoms with Crippen LogP contribution in [0.25, 0.3) is 11.1 Å². The van der Waals surface area contributed by atoms with Gasteiger partial charge in [0, 0.05) is 11.6 Å². The summed E-state index contributed by atoms with van der Waals surface area (Å²) in [6, 6.07) is 15.8. The number of rotatable bonds is 5. The average molecular weight is 368 g/mol. The van der Waals surface area contributed by atoms with E-state index in [1.165, 1.54) is 0 Å². The molecule has 1 unspecified atom stereocenters. The molecule has 134 valence electrons. The molecular weight excluding hydrogens is 346 g/mol. The monoisotopic (exact) mass is 367 g/mol. The van der Waals surface area contributed by atoms with Gasteiger partial charge in [-0.3, -0.25) is 15.1 Å². The van der Waals surface area contributed by atoms with Gasteiger partial charge >= 0.3 is 0 Å². The molecule has 26 heavy (non-hydrogen) atoms. The zero-order valence-corrected chi connectivity index (χ0v) is 15.5. The number of nitrogens with zero attached hydrogens (tertiary/aromatic N) is 1. The van der Waals surface area contributed by atoms with Crippen LogP contribution in [0.5, 0.6) is 0 Å². The van der Waals surface area contributed by atoms with E-state index < -0.39 is 5.54 Å². The molecule has 4 rings (SSSR count). The molecule has 1 amide bonds. The van der Waals surface area contributed by atoms with Gasteiger partial charge in [-0.05, 0) is 60.1 Å². The Labute approximate surface area is 158 Å². The predicted octanol–water partition coefficient (Wildman–Crippen LogP) is 4.39. The molecule has 1 aliphatic heterocycles. The summed E-state index contributed by atoms with van der Waals surface area (Å²) in [5, 5.41) is 12.2. The van der Waals surface area contributed by atoms with Crippen LogP contribution in [0, 0.1) is 11.3 Å². The van der Waals surface area contributed by atoms with Crippen LogP contribution in [0.2, 0.25) is 5.02 Å². The number of guanidine groups is 1. The third-order valence-electron chi connectivity index (χ3n) is 5.28. The second-order valence-corrected chi connectivity index (χ2v) is 7.54. The van der Waals surface area contributed by atoms with E-state index in [1.807, 2.05) is 49.4 Å². The molecule has 1 aliphatic carbocycles. The van der Waals surface area contributed by atoms with E-state index >= 15 is 0 Å². The van der Waals surface area contributed by atoms with Gasteiger partial charge in [-0.15, -0.1) is 0 Å². The van der Waals surface area contributed by atoms with Gasteiger partial charge in [-0.25, -0.2) is 0 Å². The third kappa shape index (κ3) is 2.69. The lowest BCUT2D eigenvalue weighted by atomic mass is 9.83. The SMILES string of the molecule is CCCN1C(=N)NC(c2cccc(-c3cccc(Cl)c3)c2)(C2CC2)C1=O. The molecular formula is C21H22ClN3O. The molecule has 0 radical (unpaired) electrons. The van der Waals surface area contributed by atoms with Gasteiger partial charge in [-0.2, -0.15) is 0 Å². The molecule has 2 N–H and O–H groups in total. The minimum absolute atomic E-state index is 0.00935. The van der Waals surface area contributed by atoms with Gasteiger partial charge in [0.15, 0.2) is 5.96 Å². The van der Waals surface area contributed by atoms with E-state index in [0.717, 1.165) is 36.0 Å². The fourth-order valence-electron chi connectivity index (χ4n) is 3.90. The van der Waals surface area contributed by atoms with Crippen molar-refractivity contribution in [3.05, 3.63) is 59.1 Å². The van der Waals surface area contributed by atoms with E-state index in [4.69, 9.17) is 17.0 Å². The van der Waals surface area contributed by atoms with Crippen molar-refractivity contribution in [2.45, 2.75) is 31.7 Å². The van der Waals surface area contributed by atoms with Gasteiger partial charge in [0.05, 0.1) is 0 Å². The molecule has 2 aromatic rings. The lowest BCUT2D eigenvalue weighted by Crippen LogP contribution is -2.46. The number of amides is 1. The number of hydrogen-bond donors (Lipinski definition) is 2. The standard InChI is InChI=1S/C21H22ClN3O/c1-2-11-25-19(26)21(16-9-10-16,24-20(25)23)17-7-3-5-14(12-17)15-6-4-8-18(22)13-15/h3-8,12-13,16H,2,9-11H2,1H3,(H2,23,24). The third-order valence-corrected chi connectivity index (χ3v) is 5.52. The average Bonchev–Trinajstić information content (AvgIpc) is 3.46. The van der Waals surface area contributed by atoms with Gasteiger partial charge < -0.3 is 5.32 Å². The van der Waals surface area contributed by atoms with Crippen molar-refractivity contribution in [3.63, 3.8) is 0 Å². The van der Waals surface area contributed by atoms with Gasteiger partial charge in [0.25, 0.3) is 5.91 Å². The van der Waals surface area contributed by atoms with Crippen molar-refractivity contribution >= 4 is 23.5 Å².